The van der Waals surface area contributed by atoms with Gasteiger partial charge in [0.1, 0.15) is 17.2 Å². The molecule has 0 heterocycles. The van der Waals surface area contributed by atoms with E-state index in [1.54, 1.807) is 43.3 Å². The first kappa shape index (κ1) is 25.6. The van der Waals surface area contributed by atoms with Crippen molar-refractivity contribution in [3.63, 3.8) is 0 Å². The molecule has 2 amide bonds. The standard InChI is InChI=1S/C27H30N2O6/c1-27(33-2,25(30)31)19-20-9-13-22(14-10-20)34-18-6-17-28-26(32)29-21-11-15-24(16-12-21)35-23-7-4-3-5-8-23/h3-5,7-16H,6,17-19H2,1-2H3,(H,30,31)(H2,28,29,32)/t27-/m0/s1. The fourth-order valence-electron chi connectivity index (χ4n) is 3.20. The molecule has 0 saturated carbocycles. The first-order valence-corrected chi connectivity index (χ1v) is 11.3. The Bertz CT molecular complexity index is 1090. The predicted octanol–water partition coefficient (Wildman–Crippen LogP) is 5.10. The van der Waals surface area contributed by atoms with Gasteiger partial charge >= 0.3 is 12.0 Å². The fraction of sp³-hybridized carbons (Fsp3) is 0.259. The quantitative estimate of drug-likeness (QED) is 0.313. The second-order valence-corrected chi connectivity index (χ2v) is 8.08. The average Bonchev–Trinajstić information content (AvgIpc) is 2.86. The Morgan fingerprint density at radius 1 is 0.886 bits per heavy atom. The number of para-hydroxylation sites is 1. The molecule has 35 heavy (non-hydrogen) atoms. The van der Waals surface area contributed by atoms with E-state index in [4.69, 9.17) is 14.2 Å². The smallest absolute Gasteiger partial charge is 0.336 e. The van der Waals surface area contributed by atoms with Crippen LogP contribution in [0.3, 0.4) is 0 Å². The van der Waals surface area contributed by atoms with Crippen molar-refractivity contribution in [2.24, 2.45) is 0 Å². The van der Waals surface area contributed by atoms with E-state index in [9.17, 15) is 14.7 Å². The number of hydrogen-bond acceptors (Lipinski definition) is 5. The van der Waals surface area contributed by atoms with E-state index in [1.807, 2.05) is 42.5 Å². The molecule has 0 fully saturated rings. The lowest BCUT2D eigenvalue weighted by molar-refractivity contribution is -0.159. The van der Waals surface area contributed by atoms with E-state index < -0.39 is 11.6 Å². The highest BCUT2D eigenvalue weighted by molar-refractivity contribution is 5.89. The van der Waals surface area contributed by atoms with Crippen molar-refractivity contribution < 1.29 is 28.9 Å². The number of ether oxygens (including phenoxy) is 3. The van der Waals surface area contributed by atoms with Crippen LogP contribution in [0.15, 0.2) is 78.9 Å². The van der Waals surface area contributed by atoms with Crippen LogP contribution in [0, 0.1) is 0 Å². The predicted molar refractivity (Wildman–Crippen MR) is 133 cm³/mol. The molecule has 0 radical (unpaired) electrons. The highest BCUT2D eigenvalue weighted by atomic mass is 16.5. The van der Waals surface area contributed by atoms with Gasteiger partial charge in [-0.25, -0.2) is 9.59 Å². The van der Waals surface area contributed by atoms with E-state index in [-0.39, 0.29) is 12.5 Å². The molecule has 0 unspecified atom stereocenters. The summed E-state index contributed by atoms with van der Waals surface area (Å²) in [5.74, 6) is 1.09. The zero-order chi connectivity index (χ0) is 25.1. The molecule has 0 saturated heterocycles. The van der Waals surface area contributed by atoms with Gasteiger partial charge in [-0.2, -0.15) is 0 Å². The van der Waals surface area contributed by atoms with Crippen molar-refractivity contribution in [1.82, 2.24) is 5.32 Å². The van der Waals surface area contributed by atoms with Gasteiger partial charge in [-0.15, -0.1) is 0 Å². The number of hydrogen-bond donors (Lipinski definition) is 3. The summed E-state index contributed by atoms with van der Waals surface area (Å²) in [6.07, 6.45) is 0.876. The lowest BCUT2D eigenvalue weighted by atomic mass is 9.96. The molecule has 0 aliphatic rings. The van der Waals surface area contributed by atoms with Crippen LogP contribution in [0.1, 0.15) is 18.9 Å². The first-order chi connectivity index (χ1) is 16.9. The van der Waals surface area contributed by atoms with Crippen LogP contribution in [-0.2, 0) is 16.0 Å². The maximum Gasteiger partial charge on any atom is 0.336 e. The normalized spacial score (nSPS) is 12.3. The van der Waals surface area contributed by atoms with Crippen LogP contribution in [0.5, 0.6) is 17.2 Å². The number of anilines is 1. The largest absolute Gasteiger partial charge is 0.494 e. The molecule has 8 heteroatoms. The van der Waals surface area contributed by atoms with Crippen LogP contribution in [0.4, 0.5) is 10.5 Å². The van der Waals surface area contributed by atoms with Gasteiger partial charge in [-0.3, -0.25) is 0 Å². The van der Waals surface area contributed by atoms with Crippen molar-refractivity contribution in [3.05, 3.63) is 84.4 Å². The summed E-state index contributed by atoms with van der Waals surface area (Å²) in [5, 5.41) is 14.9. The molecule has 1 atom stereocenters. The number of methoxy groups -OCH3 is 1. The number of amides is 2. The highest BCUT2D eigenvalue weighted by Crippen LogP contribution is 2.23. The van der Waals surface area contributed by atoms with E-state index in [0.717, 1.165) is 11.3 Å². The third-order valence-corrected chi connectivity index (χ3v) is 5.33. The van der Waals surface area contributed by atoms with Crippen LogP contribution >= 0.6 is 0 Å². The van der Waals surface area contributed by atoms with Crippen molar-refractivity contribution in [2.75, 3.05) is 25.6 Å². The number of urea groups is 1. The Hall–Kier alpha value is -4.04. The average molecular weight is 479 g/mol. The summed E-state index contributed by atoms with van der Waals surface area (Å²) >= 11 is 0. The summed E-state index contributed by atoms with van der Waals surface area (Å²) in [4.78, 5) is 23.5. The van der Waals surface area contributed by atoms with Crippen molar-refractivity contribution >= 4 is 17.7 Å². The maximum absolute atomic E-state index is 12.1. The second kappa shape index (κ2) is 12.4. The van der Waals surface area contributed by atoms with E-state index >= 15 is 0 Å². The highest BCUT2D eigenvalue weighted by Gasteiger charge is 2.33. The van der Waals surface area contributed by atoms with Crippen molar-refractivity contribution in [2.45, 2.75) is 25.4 Å². The molecule has 0 spiro atoms. The summed E-state index contributed by atoms with van der Waals surface area (Å²) in [7, 11) is 1.39. The first-order valence-electron chi connectivity index (χ1n) is 11.3. The third-order valence-electron chi connectivity index (χ3n) is 5.33. The lowest BCUT2D eigenvalue weighted by Gasteiger charge is -2.23. The number of carboxylic acid groups (broad SMARTS) is 1. The molecule has 0 bridgehead atoms. The van der Waals surface area contributed by atoms with Crippen LogP contribution < -0.4 is 20.1 Å². The Balaban J connectivity index is 1.33. The Morgan fingerprint density at radius 3 is 2.14 bits per heavy atom. The lowest BCUT2D eigenvalue weighted by Crippen LogP contribution is -2.39. The number of carboxylic acids is 1. The number of carbonyl (C=O) groups is 2. The number of rotatable bonds is 12. The van der Waals surface area contributed by atoms with Crippen molar-refractivity contribution in [3.8, 4) is 17.2 Å². The number of nitrogens with one attached hydrogen (secondary N) is 2. The van der Waals surface area contributed by atoms with Gasteiger partial charge in [0.2, 0.25) is 0 Å². The van der Waals surface area contributed by atoms with Gasteiger partial charge in [-0.1, -0.05) is 30.3 Å². The molecular formula is C27H30N2O6. The van der Waals surface area contributed by atoms with Gasteiger partial charge in [0.25, 0.3) is 0 Å². The van der Waals surface area contributed by atoms with E-state index in [0.29, 0.717) is 36.8 Å². The molecule has 3 aromatic rings. The molecule has 8 nitrogen and oxygen atoms in total. The summed E-state index contributed by atoms with van der Waals surface area (Å²) < 4.78 is 16.6. The van der Waals surface area contributed by atoms with Crippen LogP contribution in [0.2, 0.25) is 0 Å². The monoisotopic (exact) mass is 478 g/mol. The molecule has 184 valence electrons. The van der Waals surface area contributed by atoms with Crippen LogP contribution in [0.25, 0.3) is 0 Å². The Labute approximate surface area is 204 Å². The SMILES string of the molecule is CO[C@@](C)(Cc1ccc(OCCCNC(=O)Nc2ccc(Oc3ccccc3)cc2)cc1)C(=O)O. The minimum atomic E-state index is -1.27. The van der Waals surface area contributed by atoms with Gasteiger partial charge in [-0.05, 0) is 67.4 Å². The number of aliphatic carboxylic acids is 1. The van der Waals surface area contributed by atoms with Crippen molar-refractivity contribution in [1.29, 1.82) is 0 Å². The molecule has 3 aromatic carbocycles. The summed E-state index contributed by atoms with van der Waals surface area (Å²) in [5.41, 5.74) is 0.223. The summed E-state index contributed by atoms with van der Waals surface area (Å²) in [6, 6.07) is 23.5. The molecule has 3 rings (SSSR count). The third kappa shape index (κ3) is 8.04. The van der Waals surface area contributed by atoms with Gasteiger partial charge in [0.05, 0.1) is 6.61 Å². The second-order valence-electron chi connectivity index (χ2n) is 8.08. The minimum absolute atomic E-state index is 0.251. The zero-order valence-electron chi connectivity index (χ0n) is 19.8. The zero-order valence-corrected chi connectivity index (χ0v) is 19.8. The topological polar surface area (TPSA) is 106 Å². The molecule has 3 N–H and O–H groups in total. The Morgan fingerprint density at radius 2 is 1.51 bits per heavy atom. The number of benzene rings is 3. The maximum atomic E-state index is 12.1. The van der Waals surface area contributed by atoms with Crippen LogP contribution in [-0.4, -0.2) is 43.0 Å². The van der Waals surface area contributed by atoms with Gasteiger partial charge in [0, 0.05) is 25.8 Å². The molecule has 0 aliphatic carbocycles. The number of carbonyl (C=O) groups excluding carboxylic acids is 1. The van der Waals surface area contributed by atoms with E-state index in [2.05, 4.69) is 10.6 Å². The Kier molecular flexibility index (Phi) is 9.09. The van der Waals surface area contributed by atoms with Gasteiger partial charge < -0.3 is 30.0 Å². The summed E-state index contributed by atoms with van der Waals surface area (Å²) in [6.45, 7) is 2.42. The molecular weight excluding hydrogens is 448 g/mol. The van der Waals surface area contributed by atoms with E-state index in [1.165, 1.54) is 7.11 Å². The van der Waals surface area contributed by atoms with Gasteiger partial charge in [0.15, 0.2) is 5.60 Å². The molecule has 0 aliphatic heterocycles. The fourth-order valence-corrected chi connectivity index (χ4v) is 3.20. The minimum Gasteiger partial charge on any atom is -0.494 e. The molecule has 0 aromatic heterocycles.